The van der Waals surface area contributed by atoms with Gasteiger partial charge in [0.25, 0.3) is 0 Å². The molecule has 0 spiro atoms. The number of unbranched alkanes of at least 4 members (excludes halogenated alkanes) is 19. The highest BCUT2D eigenvalue weighted by molar-refractivity contribution is 5.45. The standard InChI is InChI=1S/C48H90/c1-9-17-23-29-35-38-43(37-30-24-18-10-2)46(16-8)48(45(41-33-27-21-13-5)42-34-28-22-14-6)47(36-15-7)44(39-31-25-19-11-3)40-32-26-20-12-4/h15-16,36,43-45H,7-14,17-35,37-42H2,1-6H3/b47-36-,48-46+. The van der Waals surface area contributed by atoms with Crippen LogP contribution in [-0.2, 0) is 0 Å². The topological polar surface area (TPSA) is 0 Å². The van der Waals surface area contributed by atoms with E-state index in [1.54, 1.807) is 16.7 Å². The summed E-state index contributed by atoms with van der Waals surface area (Å²) >= 11 is 0. The normalized spacial score (nSPS) is 13.4. The lowest BCUT2D eigenvalue weighted by atomic mass is 9.71. The number of allylic oxidation sites excluding steroid dienone is 6. The molecule has 0 bridgehead atoms. The van der Waals surface area contributed by atoms with E-state index in [2.05, 4.69) is 72.9 Å². The first-order chi connectivity index (χ1) is 23.6. The fraction of sp³-hybridized carbons (Fsp3) is 0.833. The summed E-state index contributed by atoms with van der Waals surface area (Å²) in [6, 6.07) is 0. The molecule has 0 aromatic carbocycles. The van der Waals surface area contributed by atoms with Gasteiger partial charge in [-0.05, 0) is 73.0 Å². The van der Waals surface area contributed by atoms with Crippen molar-refractivity contribution in [2.45, 2.75) is 241 Å². The van der Waals surface area contributed by atoms with Gasteiger partial charge in [0.2, 0.25) is 0 Å². The maximum Gasteiger partial charge on any atom is -0.0156 e. The van der Waals surface area contributed by atoms with E-state index in [1.807, 2.05) is 0 Å². The van der Waals surface area contributed by atoms with Crippen molar-refractivity contribution >= 4 is 0 Å². The zero-order valence-corrected chi connectivity index (χ0v) is 34.3. The van der Waals surface area contributed by atoms with Crippen LogP contribution in [0.5, 0.6) is 0 Å². The third-order valence-electron chi connectivity index (χ3n) is 11.1. The Morgan fingerprint density at radius 2 is 0.667 bits per heavy atom. The van der Waals surface area contributed by atoms with E-state index in [9.17, 15) is 0 Å². The predicted molar refractivity (Wildman–Crippen MR) is 223 cm³/mol. The van der Waals surface area contributed by atoms with Crippen LogP contribution in [0.3, 0.4) is 0 Å². The zero-order valence-electron chi connectivity index (χ0n) is 34.3. The van der Waals surface area contributed by atoms with Crippen LogP contribution in [0.4, 0.5) is 0 Å². The van der Waals surface area contributed by atoms with Crippen molar-refractivity contribution < 1.29 is 0 Å². The second-order valence-electron chi connectivity index (χ2n) is 15.5. The molecule has 0 nitrogen and oxygen atoms in total. The van der Waals surface area contributed by atoms with Crippen LogP contribution in [0.25, 0.3) is 0 Å². The van der Waals surface area contributed by atoms with Gasteiger partial charge in [-0.15, -0.1) is 0 Å². The summed E-state index contributed by atoms with van der Waals surface area (Å²) in [5.41, 5.74) is 5.12. The highest BCUT2D eigenvalue weighted by atomic mass is 14.3. The molecule has 0 aliphatic heterocycles. The van der Waals surface area contributed by atoms with E-state index in [0.29, 0.717) is 17.8 Å². The molecule has 0 fully saturated rings. The molecular formula is C48H90. The van der Waals surface area contributed by atoms with Gasteiger partial charge in [-0.25, -0.2) is 0 Å². The van der Waals surface area contributed by atoms with E-state index in [4.69, 9.17) is 0 Å². The van der Waals surface area contributed by atoms with Crippen molar-refractivity contribution in [2.75, 3.05) is 0 Å². The van der Waals surface area contributed by atoms with Gasteiger partial charge >= 0.3 is 0 Å². The third kappa shape index (κ3) is 23.4. The lowest BCUT2D eigenvalue weighted by Crippen LogP contribution is -2.19. The molecule has 0 radical (unpaired) electrons. The zero-order chi connectivity index (χ0) is 35.5. The minimum Gasteiger partial charge on any atom is -0.0991 e. The van der Waals surface area contributed by atoms with Crippen LogP contribution >= 0.6 is 0 Å². The molecule has 0 N–H and O–H groups in total. The minimum atomic E-state index is 0.652. The summed E-state index contributed by atoms with van der Waals surface area (Å²) in [4.78, 5) is 0. The number of hydrogen-bond acceptors (Lipinski definition) is 0. The van der Waals surface area contributed by atoms with E-state index >= 15 is 0 Å². The largest absolute Gasteiger partial charge is 0.0991 e. The average molecular weight is 667 g/mol. The quantitative estimate of drug-likeness (QED) is 0.0457. The van der Waals surface area contributed by atoms with Crippen molar-refractivity contribution in [1.82, 2.24) is 0 Å². The SMILES string of the molecule is C=C/C=C(\C(=C(/C=C)C(CCCCCC)CCCCCCC)C(CCCCCC)CCCCCC)C(CCCCCC)CCCCCC. The highest BCUT2D eigenvalue weighted by Crippen LogP contribution is 2.43. The van der Waals surface area contributed by atoms with Gasteiger partial charge in [0.1, 0.15) is 0 Å². The van der Waals surface area contributed by atoms with Crippen LogP contribution in [-0.4, -0.2) is 0 Å². The van der Waals surface area contributed by atoms with E-state index < -0.39 is 0 Å². The van der Waals surface area contributed by atoms with Gasteiger partial charge in [-0.3, -0.25) is 0 Å². The van der Waals surface area contributed by atoms with Crippen molar-refractivity contribution in [3.63, 3.8) is 0 Å². The minimum absolute atomic E-state index is 0.652. The first-order valence-electron chi connectivity index (χ1n) is 22.3. The summed E-state index contributed by atoms with van der Waals surface area (Å²) in [5, 5.41) is 0. The Kier molecular flexibility index (Phi) is 35.0. The van der Waals surface area contributed by atoms with Crippen molar-refractivity contribution in [2.24, 2.45) is 17.8 Å². The average Bonchev–Trinajstić information content (AvgIpc) is 3.10. The summed E-state index contributed by atoms with van der Waals surface area (Å²) in [6.07, 6.45) is 49.2. The Hall–Kier alpha value is -1.04. The molecule has 0 aromatic heterocycles. The Morgan fingerprint density at radius 1 is 0.375 bits per heavy atom. The van der Waals surface area contributed by atoms with Crippen LogP contribution in [0, 0.1) is 17.8 Å². The number of rotatable bonds is 37. The molecular weight excluding hydrogens is 577 g/mol. The Morgan fingerprint density at radius 3 is 0.979 bits per heavy atom. The van der Waals surface area contributed by atoms with E-state index in [0.717, 1.165) is 0 Å². The molecule has 0 amide bonds. The lowest BCUT2D eigenvalue weighted by Gasteiger charge is -2.33. The van der Waals surface area contributed by atoms with Gasteiger partial charge in [0.05, 0.1) is 0 Å². The molecule has 0 heterocycles. The molecule has 1 unspecified atom stereocenters. The lowest BCUT2D eigenvalue weighted by molar-refractivity contribution is 0.409. The number of hydrogen-bond donors (Lipinski definition) is 0. The van der Waals surface area contributed by atoms with E-state index in [1.165, 1.54) is 199 Å². The van der Waals surface area contributed by atoms with Gasteiger partial charge in [-0.1, -0.05) is 233 Å². The summed E-state index contributed by atoms with van der Waals surface area (Å²) in [5.74, 6) is 1.96. The van der Waals surface area contributed by atoms with Gasteiger partial charge in [0.15, 0.2) is 0 Å². The molecule has 0 rings (SSSR count). The van der Waals surface area contributed by atoms with Crippen LogP contribution < -0.4 is 0 Å². The van der Waals surface area contributed by atoms with Crippen molar-refractivity contribution in [3.8, 4) is 0 Å². The van der Waals surface area contributed by atoms with Crippen molar-refractivity contribution in [1.29, 1.82) is 0 Å². The fourth-order valence-corrected chi connectivity index (χ4v) is 8.13. The molecule has 0 aromatic rings. The Balaban J connectivity index is 7.15. The second-order valence-corrected chi connectivity index (χ2v) is 15.5. The molecule has 0 aliphatic carbocycles. The molecule has 0 heteroatoms. The highest BCUT2D eigenvalue weighted by Gasteiger charge is 2.28. The second kappa shape index (κ2) is 35.8. The summed E-state index contributed by atoms with van der Waals surface area (Å²) in [6.45, 7) is 23.2. The molecule has 48 heavy (non-hydrogen) atoms. The molecule has 0 saturated heterocycles. The van der Waals surface area contributed by atoms with Crippen molar-refractivity contribution in [3.05, 3.63) is 48.1 Å². The molecule has 282 valence electrons. The fourth-order valence-electron chi connectivity index (χ4n) is 8.13. The maximum atomic E-state index is 4.67. The maximum absolute atomic E-state index is 4.67. The monoisotopic (exact) mass is 667 g/mol. The van der Waals surface area contributed by atoms with Crippen LogP contribution in [0.2, 0.25) is 0 Å². The Bertz CT molecular complexity index is 741. The predicted octanol–water partition coefficient (Wildman–Crippen LogP) is 17.6. The third-order valence-corrected chi connectivity index (χ3v) is 11.1. The summed E-state index contributed by atoms with van der Waals surface area (Å²) < 4.78 is 0. The smallest absolute Gasteiger partial charge is 0.0156 e. The van der Waals surface area contributed by atoms with Crippen LogP contribution in [0.15, 0.2) is 48.1 Å². The van der Waals surface area contributed by atoms with Gasteiger partial charge in [0, 0.05) is 0 Å². The molecule has 0 aliphatic rings. The van der Waals surface area contributed by atoms with E-state index in [-0.39, 0.29) is 0 Å². The molecule has 0 saturated carbocycles. The first kappa shape index (κ1) is 47.0. The first-order valence-corrected chi connectivity index (χ1v) is 22.3. The molecule has 1 atom stereocenters. The van der Waals surface area contributed by atoms with Gasteiger partial charge in [-0.2, -0.15) is 0 Å². The Labute approximate surface area is 305 Å². The summed E-state index contributed by atoms with van der Waals surface area (Å²) in [7, 11) is 0. The van der Waals surface area contributed by atoms with Gasteiger partial charge < -0.3 is 0 Å². The van der Waals surface area contributed by atoms with Crippen LogP contribution in [0.1, 0.15) is 241 Å².